The van der Waals surface area contributed by atoms with Crippen LogP contribution in [0.1, 0.15) is 23.6 Å². The minimum atomic E-state index is 0.169. The van der Waals surface area contributed by atoms with Gasteiger partial charge in [-0.25, -0.2) is 4.68 Å². The van der Waals surface area contributed by atoms with E-state index >= 15 is 0 Å². The van der Waals surface area contributed by atoms with Gasteiger partial charge in [-0.05, 0) is 45.8 Å². The number of methoxy groups -OCH3 is 1. The van der Waals surface area contributed by atoms with Crippen molar-refractivity contribution in [2.45, 2.75) is 12.5 Å². The Balaban J connectivity index is 1.53. The molecule has 1 aliphatic rings. The molecule has 0 radical (unpaired) electrons. The third kappa shape index (κ3) is 2.71. The van der Waals surface area contributed by atoms with E-state index in [9.17, 15) is 0 Å². The van der Waals surface area contributed by atoms with E-state index in [1.807, 2.05) is 36.4 Å². The average Bonchev–Trinajstić information content (AvgIpc) is 3.34. The van der Waals surface area contributed by atoms with Crippen molar-refractivity contribution in [3.05, 3.63) is 66.0 Å². The highest BCUT2D eigenvalue weighted by Gasteiger charge is 2.21. The summed E-state index contributed by atoms with van der Waals surface area (Å²) in [4.78, 5) is 0. The Hall–Kier alpha value is -3.22. The summed E-state index contributed by atoms with van der Waals surface area (Å²) >= 11 is 0. The van der Waals surface area contributed by atoms with Crippen LogP contribution in [0.5, 0.6) is 5.75 Å². The van der Waals surface area contributed by atoms with E-state index in [2.05, 4.69) is 38.2 Å². The molecule has 0 bridgehead atoms. The molecule has 4 rings (SSSR count). The van der Waals surface area contributed by atoms with Crippen molar-refractivity contribution in [1.82, 2.24) is 25.6 Å². The molecule has 0 saturated carbocycles. The van der Waals surface area contributed by atoms with Crippen molar-refractivity contribution >= 4 is 5.71 Å². The number of rotatable bonds is 4. The first-order chi connectivity index (χ1) is 11.8. The van der Waals surface area contributed by atoms with Crippen LogP contribution in [0.3, 0.4) is 0 Å². The summed E-state index contributed by atoms with van der Waals surface area (Å²) in [7, 11) is 1.67. The lowest BCUT2D eigenvalue weighted by molar-refractivity contribution is 0.414. The van der Waals surface area contributed by atoms with Crippen molar-refractivity contribution in [1.29, 1.82) is 0 Å². The molecule has 0 amide bonds. The lowest BCUT2D eigenvalue weighted by Gasteiger charge is -2.11. The van der Waals surface area contributed by atoms with Crippen molar-refractivity contribution in [3.63, 3.8) is 0 Å². The van der Waals surface area contributed by atoms with E-state index in [-0.39, 0.29) is 6.04 Å². The molecule has 1 aromatic heterocycles. The van der Waals surface area contributed by atoms with Crippen LogP contribution in [0.15, 0.2) is 60.0 Å². The van der Waals surface area contributed by atoms with E-state index in [1.165, 1.54) is 5.56 Å². The Morgan fingerprint density at radius 2 is 2.04 bits per heavy atom. The normalized spacial score (nSPS) is 16.5. The molecule has 7 heteroatoms. The van der Waals surface area contributed by atoms with E-state index in [0.29, 0.717) is 0 Å². The van der Waals surface area contributed by atoms with Gasteiger partial charge in [0.05, 0.1) is 24.6 Å². The Morgan fingerprint density at radius 1 is 1.17 bits per heavy atom. The number of nitrogens with one attached hydrogen (secondary N) is 1. The molecule has 120 valence electrons. The molecule has 1 N–H and O–H groups in total. The van der Waals surface area contributed by atoms with Gasteiger partial charge < -0.3 is 10.2 Å². The summed E-state index contributed by atoms with van der Waals surface area (Å²) in [5.74, 6) is 0.854. The van der Waals surface area contributed by atoms with Crippen molar-refractivity contribution in [2.24, 2.45) is 5.10 Å². The first-order valence-corrected chi connectivity index (χ1v) is 7.63. The highest BCUT2D eigenvalue weighted by Crippen LogP contribution is 2.26. The first-order valence-electron chi connectivity index (χ1n) is 7.63. The third-order valence-corrected chi connectivity index (χ3v) is 4.06. The number of hydrazone groups is 1. The maximum Gasteiger partial charge on any atom is 0.143 e. The molecule has 0 aliphatic carbocycles. The molecule has 1 atom stereocenters. The number of aromatic nitrogens is 4. The average molecular weight is 320 g/mol. The maximum absolute atomic E-state index is 5.20. The van der Waals surface area contributed by atoms with Crippen LogP contribution in [0.4, 0.5) is 0 Å². The van der Waals surface area contributed by atoms with Gasteiger partial charge in [0.25, 0.3) is 0 Å². The highest BCUT2D eigenvalue weighted by atomic mass is 16.5. The van der Waals surface area contributed by atoms with Crippen molar-refractivity contribution in [3.8, 4) is 11.4 Å². The second-order valence-corrected chi connectivity index (χ2v) is 5.52. The number of hydrogen-bond acceptors (Lipinski definition) is 6. The smallest absolute Gasteiger partial charge is 0.143 e. The molecule has 1 unspecified atom stereocenters. The van der Waals surface area contributed by atoms with Crippen LogP contribution in [-0.2, 0) is 0 Å². The lowest BCUT2D eigenvalue weighted by atomic mass is 9.99. The maximum atomic E-state index is 5.20. The highest BCUT2D eigenvalue weighted by molar-refractivity contribution is 6.02. The van der Waals surface area contributed by atoms with Gasteiger partial charge in [-0.3, -0.25) is 0 Å². The topological polar surface area (TPSA) is 77.2 Å². The van der Waals surface area contributed by atoms with Gasteiger partial charge in [0.15, 0.2) is 0 Å². The van der Waals surface area contributed by atoms with E-state index in [1.54, 1.807) is 18.1 Å². The SMILES string of the molecule is COc1ccc(C2CC(c3cccc(-n4cnnn4)c3)=NN2)cc1. The van der Waals surface area contributed by atoms with Gasteiger partial charge in [0.1, 0.15) is 12.1 Å². The van der Waals surface area contributed by atoms with Crippen molar-refractivity contribution in [2.75, 3.05) is 7.11 Å². The summed E-state index contributed by atoms with van der Waals surface area (Å²) < 4.78 is 6.84. The zero-order valence-electron chi connectivity index (χ0n) is 13.1. The van der Waals surface area contributed by atoms with Crippen LogP contribution in [0, 0.1) is 0 Å². The van der Waals surface area contributed by atoms with Crippen LogP contribution in [0.2, 0.25) is 0 Å². The lowest BCUT2D eigenvalue weighted by Crippen LogP contribution is -2.09. The molecule has 0 spiro atoms. The molecule has 0 fully saturated rings. The van der Waals surface area contributed by atoms with E-state index in [0.717, 1.165) is 29.1 Å². The van der Waals surface area contributed by atoms with Crippen LogP contribution >= 0.6 is 0 Å². The summed E-state index contributed by atoms with van der Waals surface area (Å²) in [6.45, 7) is 0. The second-order valence-electron chi connectivity index (χ2n) is 5.52. The number of hydrogen-bond donors (Lipinski definition) is 1. The number of tetrazole rings is 1. The molecular weight excluding hydrogens is 304 g/mol. The van der Waals surface area contributed by atoms with Crippen LogP contribution < -0.4 is 10.2 Å². The largest absolute Gasteiger partial charge is 0.497 e. The first kappa shape index (κ1) is 14.4. The standard InChI is InChI=1S/C17H16N6O/c1-24-15-7-5-12(6-8-15)16-10-17(20-19-16)13-3-2-4-14(9-13)23-11-18-21-22-23/h2-9,11,16,19H,10H2,1H3. The van der Waals surface area contributed by atoms with Gasteiger partial charge in [0.2, 0.25) is 0 Å². The van der Waals surface area contributed by atoms with E-state index < -0.39 is 0 Å². The third-order valence-electron chi connectivity index (χ3n) is 4.06. The molecule has 3 aromatic rings. The molecule has 24 heavy (non-hydrogen) atoms. The molecular formula is C17H16N6O. The molecule has 0 saturated heterocycles. The minimum absolute atomic E-state index is 0.169. The van der Waals surface area contributed by atoms with E-state index in [4.69, 9.17) is 4.74 Å². The Morgan fingerprint density at radius 3 is 2.79 bits per heavy atom. The summed E-state index contributed by atoms with van der Waals surface area (Å²) in [6, 6.07) is 16.2. The van der Waals surface area contributed by atoms with Gasteiger partial charge in [-0.15, -0.1) is 5.10 Å². The van der Waals surface area contributed by atoms with Crippen molar-refractivity contribution < 1.29 is 4.74 Å². The zero-order valence-corrected chi connectivity index (χ0v) is 13.1. The van der Waals surface area contributed by atoms with Crippen LogP contribution in [0.25, 0.3) is 5.69 Å². The molecule has 7 nitrogen and oxygen atoms in total. The second kappa shape index (κ2) is 6.11. The summed E-state index contributed by atoms with van der Waals surface area (Å²) in [5, 5.41) is 15.8. The quantitative estimate of drug-likeness (QED) is 0.796. The fraction of sp³-hybridized carbons (Fsp3) is 0.176. The monoisotopic (exact) mass is 320 g/mol. The zero-order chi connectivity index (χ0) is 16.4. The summed E-state index contributed by atoms with van der Waals surface area (Å²) in [6.07, 6.45) is 2.40. The van der Waals surface area contributed by atoms with Crippen LogP contribution in [-0.4, -0.2) is 33.0 Å². The predicted molar refractivity (Wildman–Crippen MR) is 89.2 cm³/mol. The molecule has 2 heterocycles. The van der Waals surface area contributed by atoms with Gasteiger partial charge in [-0.1, -0.05) is 24.3 Å². The fourth-order valence-corrected chi connectivity index (χ4v) is 2.76. The van der Waals surface area contributed by atoms with Gasteiger partial charge in [-0.2, -0.15) is 5.10 Å². The Bertz CT molecular complexity index is 857. The molecule has 1 aliphatic heterocycles. The number of benzene rings is 2. The summed E-state index contributed by atoms with van der Waals surface area (Å²) in [5.41, 5.74) is 7.39. The van der Waals surface area contributed by atoms with Gasteiger partial charge >= 0.3 is 0 Å². The predicted octanol–water partition coefficient (Wildman–Crippen LogP) is 2.11. The van der Waals surface area contributed by atoms with Gasteiger partial charge in [0, 0.05) is 6.42 Å². The Labute approximate surface area is 139 Å². The minimum Gasteiger partial charge on any atom is -0.497 e. The number of ether oxygens (including phenoxy) is 1. The number of nitrogens with zero attached hydrogens (tertiary/aromatic N) is 5. The fourth-order valence-electron chi connectivity index (χ4n) is 2.76. The molecule has 2 aromatic carbocycles. The Kier molecular flexibility index (Phi) is 3.66.